The Bertz CT molecular complexity index is 809. The summed E-state index contributed by atoms with van der Waals surface area (Å²) in [6.45, 7) is 2.05. The number of imidazole rings is 1. The van der Waals surface area contributed by atoms with Crippen molar-refractivity contribution in [2.45, 2.75) is 13.3 Å². The van der Waals surface area contributed by atoms with Gasteiger partial charge in [-0.15, -0.1) is 0 Å². The van der Waals surface area contributed by atoms with Crippen molar-refractivity contribution in [1.82, 2.24) is 15.0 Å². The topological polar surface area (TPSA) is 84.7 Å². The first-order chi connectivity index (χ1) is 10.7. The lowest BCUT2D eigenvalue weighted by Crippen LogP contribution is -2.12. The summed E-state index contributed by atoms with van der Waals surface area (Å²) < 4.78 is 0. The van der Waals surface area contributed by atoms with Gasteiger partial charge >= 0.3 is 0 Å². The molecule has 0 aliphatic carbocycles. The van der Waals surface area contributed by atoms with Crippen molar-refractivity contribution in [2.75, 3.05) is 0 Å². The molecule has 0 bridgehead atoms. The second kappa shape index (κ2) is 5.81. The fraction of sp³-hybridized carbons (Fsp3) is 0.118. The number of carbonyl (C=O) groups excluding carboxylic acids is 1. The van der Waals surface area contributed by atoms with Crippen LogP contribution in [0.2, 0.25) is 0 Å². The number of nitrogens with two attached hydrogens (primary N) is 1. The second-order valence-electron chi connectivity index (χ2n) is 4.92. The molecular formula is C17H16N4O. The highest BCUT2D eigenvalue weighted by molar-refractivity contribution is 5.99. The van der Waals surface area contributed by atoms with Crippen molar-refractivity contribution in [3.8, 4) is 22.6 Å². The number of aryl methyl sites for hydroxylation is 1. The molecule has 0 saturated carbocycles. The van der Waals surface area contributed by atoms with Gasteiger partial charge in [0.1, 0.15) is 5.82 Å². The number of amides is 1. The summed E-state index contributed by atoms with van der Waals surface area (Å²) in [6, 6.07) is 11.0. The Labute approximate surface area is 128 Å². The van der Waals surface area contributed by atoms with Crippen LogP contribution < -0.4 is 5.73 Å². The van der Waals surface area contributed by atoms with Gasteiger partial charge in [-0.1, -0.05) is 25.1 Å². The maximum Gasteiger partial charge on any atom is 0.249 e. The van der Waals surface area contributed by atoms with Crippen molar-refractivity contribution < 1.29 is 4.79 Å². The van der Waals surface area contributed by atoms with Crippen LogP contribution in [0.25, 0.3) is 22.6 Å². The molecule has 3 rings (SSSR count). The number of carbonyl (C=O) groups is 1. The standard InChI is InChI=1S/C17H16N4O/c1-2-14-15(11-6-5-9-19-10-11)21-17(20-14)13-8-4-3-7-12(13)16(18)22/h3-10H,2H2,1H3,(H2,18,22)(H,20,21). The Morgan fingerprint density at radius 1 is 1.23 bits per heavy atom. The maximum absolute atomic E-state index is 11.6. The van der Waals surface area contributed by atoms with E-state index >= 15 is 0 Å². The zero-order valence-electron chi connectivity index (χ0n) is 12.2. The van der Waals surface area contributed by atoms with Crippen LogP contribution in [0.15, 0.2) is 48.8 Å². The van der Waals surface area contributed by atoms with Crippen LogP contribution in [-0.4, -0.2) is 20.9 Å². The van der Waals surface area contributed by atoms with E-state index in [-0.39, 0.29) is 0 Å². The van der Waals surface area contributed by atoms with Crippen molar-refractivity contribution in [2.24, 2.45) is 5.73 Å². The highest BCUT2D eigenvalue weighted by Gasteiger charge is 2.16. The molecular weight excluding hydrogens is 276 g/mol. The van der Waals surface area contributed by atoms with Gasteiger partial charge in [-0.3, -0.25) is 9.78 Å². The van der Waals surface area contributed by atoms with Crippen LogP contribution in [0.1, 0.15) is 23.0 Å². The summed E-state index contributed by atoms with van der Waals surface area (Å²) in [4.78, 5) is 23.7. The van der Waals surface area contributed by atoms with E-state index in [0.717, 1.165) is 23.4 Å². The first-order valence-corrected chi connectivity index (χ1v) is 7.09. The van der Waals surface area contributed by atoms with Crippen LogP contribution >= 0.6 is 0 Å². The van der Waals surface area contributed by atoms with E-state index in [4.69, 9.17) is 5.73 Å². The van der Waals surface area contributed by atoms with Crippen LogP contribution in [0.5, 0.6) is 0 Å². The Kier molecular flexibility index (Phi) is 3.70. The minimum Gasteiger partial charge on any atom is -0.366 e. The molecule has 0 fully saturated rings. The number of hydrogen-bond acceptors (Lipinski definition) is 3. The van der Waals surface area contributed by atoms with Crippen LogP contribution in [0.3, 0.4) is 0 Å². The molecule has 1 amide bonds. The highest BCUT2D eigenvalue weighted by atomic mass is 16.1. The molecule has 3 N–H and O–H groups in total. The molecule has 0 aliphatic heterocycles. The van der Waals surface area contributed by atoms with Gasteiger partial charge in [0.2, 0.25) is 5.91 Å². The van der Waals surface area contributed by atoms with Crippen molar-refractivity contribution in [3.63, 3.8) is 0 Å². The first kappa shape index (κ1) is 14.0. The zero-order valence-corrected chi connectivity index (χ0v) is 12.2. The molecule has 0 spiro atoms. The zero-order chi connectivity index (χ0) is 15.5. The molecule has 2 heterocycles. The summed E-state index contributed by atoms with van der Waals surface area (Å²) in [5, 5.41) is 0. The fourth-order valence-electron chi connectivity index (χ4n) is 2.44. The second-order valence-corrected chi connectivity index (χ2v) is 4.92. The number of aromatic amines is 1. The molecule has 1 aromatic carbocycles. The SMILES string of the molecule is CCc1[nH]c(-c2ccccc2C(N)=O)nc1-c1cccnc1. The number of pyridine rings is 1. The van der Waals surface area contributed by atoms with Gasteiger partial charge in [0.05, 0.1) is 11.3 Å². The predicted octanol–water partition coefficient (Wildman–Crippen LogP) is 2.80. The lowest BCUT2D eigenvalue weighted by Gasteiger charge is -2.02. The van der Waals surface area contributed by atoms with Gasteiger partial charge in [0, 0.05) is 29.2 Å². The van der Waals surface area contributed by atoms with E-state index < -0.39 is 5.91 Å². The van der Waals surface area contributed by atoms with Crippen LogP contribution in [-0.2, 0) is 6.42 Å². The van der Waals surface area contributed by atoms with E-state index in [2.05, 4.69) is 21.9 Å². The molecule has 0 radical (unpaired) electrons. The number of primary amides is 1. The Morgan fingerprint density at radius 3 is 2.73 bits per heavy atom. The van der Waals surface area contributed by atoms with E-state index in [9.17, 15) is 4.79 Å². The van der Waals surface area contributed by atoms with Crippen LogP contribution in [0, 0.1) is 0 Å². The van der Waals surface area contributed by atoms with Gasteiger partial charge in [0.25, 0.3) is 0 Å². The minimum atomic E-state index is -0.465. The molecule has 0 saturated heterocycles. The largest absolute Gasteiger partial charge is 0.366 e. The van der Waals surface area contributed by atoms with E-state index in [0.29, 0.717) is 17.0 Å². The number of nitrogens with zero attached hydrogens (tertiary/aromatic N) is 2. The van der Waals surface area contributed by atoms with Crippen LogP contribution in [0.4, 0.5) is 0 Å². The summed E-state index contributed by atoms with van der Waals surface area (Å²) >= 11 is 0. The maximum atomic E-state index is 11.6. The van der Waals surface area contributed by atoms with E-state index in [1.54, 1.807) is 24.5 Å². The molecule has 0 unspecified atom stereocenters. The van der Waals surface area contributed by atoms with Crippen molar-refractivity contribution in [1.29, 1.82) is 0 Å². The molecule has 3 aromatic rings. The smallest absolute Gasteiger partial charge is 0.249 e. The molecule has 5 heteroatoms. The van der Waals surface area contributed by atoms with E-state index in [1.165, 1.54) is 0 Å². The Balaban J connectivity index is 2.15. The Morgan fingerprint density at radius 2 is 2.05 bits per heavy atom. The monoisotopic (exact) mass is 292 g/mol. The fourth-order valence-corrected chi connectivity index (χ4v) is 2.44. The number of aromatic nitrogens is 3. The van der Waals surface area contributed by atoms with Gasteiger partial charge in [-0.05, 0) is 24.6 Å². The summed E-state index contributed by atoms with van der Waals surface area (Å²) in [7, 11) is 0. The lowest BCUT2D eigenvalue weighted by molar-refractivity contribution is 0.100. The summed E-state index contributed by atoms with van der Waals surface area (Å²) in [6.07, 6.45) is 4.31. The number of benzene rings is 1. The van der Waals surface area contributed by atoms with Gasteiger partial charge in [-0.2, -0.15) is 0 Å². The van der Waals surface area contributed by atoms with Crippen molar-refractivity contribution >= 4 is 5.91 Å². The highest BCUT2D eigenvalue weighted by Crippen LogP contribution is 2.27. The summed E-state index contributed by atoms with van der Waals surface area (Å²) in [5.74, 6) is 0.179. The first-order valence-electron chi connectivity index (χ1n) is 7.09. The third-order valence-corrected chi connectivity index (χ3v) is 3.51. The van der Waals surface area contributed by atoms with E-state index in [1.807, 2.05) is 24.3 Å². The van der Waals surface area contributed by atoms with Crippen molar-refractivity contribution in [3.05, 3.63) is 60.0 Å². The average molecular weight is 292 g/mol. The molecule has 5 nitrogen and oxygen atoms in total. The molecule has 2 aromatic heterocycles. The molecule has 110 valence electrons. The number of hydrogen-bond donors (Lipinski definition) is 2. The quantitative estimate of drug-likeness (QED) is 0.775. The normalized spacial score (nSPS) is 10.6. The van der Waals surface area contributed by atoms with Gasteiger partial charge < -0.3 is 10.7 Å². The number of rotatable bonds is 4. The molecule has 0 atom stereocenters. The third-order valence-electron chi connectivity index (χ3n) is 3.51. The van der Waals surface area contributed by atoms with Gasteiger partial charge in [0.15, 0.2) is 0 Å². The summed E-state index contributed by atoms with van der Waals surface area (Å²) in [5.41, 5.74) is 9.41. The lowest BCUT2D eigenvalue weighted by atomic mass is 10.1. The van der Waals surface area contributed by atoms with Gasteiger partial charge in [-0.25, -0.2) is 4.98 Å². The molecule has 0 aliphatic rings. The minimum absolute atomic E-state index is 0.455. The third kappa shape index (κ3) is 2.48. The average Bonchev–Trinajstić information content (AvgIpc) is 3.00. The predicted molar refractivity (Wildman–Crippen MR) is 85.2 cm³/mol. The molecule has 22 heavy (non-hydrogen) atoms. The Hall–Kier alpha value is -2.95. The number of nitrogens with one attached hydrogen (secondary N) is 1. The number of H-pyrrole nitrogens is 1.